The maximum Gasteiger partial charge on any atom is 0.198 e. The molecule has 0 aromatic heterocycles. The Morgan fingerprint density at radius 1 is 0.923 bits per heavy atom. The molecule has 0 aliphatic heterocycles. The minimum atomic E-state index is -1.63. The lowest BCUT2D eigenvalue weighted by atomic mass is 10.3. The van der Waals surface area contributed by atoms with Crippen LogP contribution in [-0.4, -0.2) is 0 Å². The van der Waals surface area contributed by atoms with E-state index in [2.05, 4.69) is 0 Å². The minimum absolute atomic E-state index is 0.792. The normalized spacial score (nSPS) is 10.8. The molecule has 0 spiro atoms. The zero-order valence-corrected chi connectivity index (χ0v) is 8.80. The average Bonchev–Trinajstić information content (AvgIpc) is 2.13. The van der Waals surface area contributed by atoms with Crippen LogP contribution in [0.25, 0.3) is 0 Å². The molecule has 0 aliphatic carbocycles. The van der Waals surface area contributed by atoms with Gasteiger partial charge in [0.15, 0.2) is 31.7 Å². The third kappa shape index (κ3) is 1.69. The first-order valence-electron chi connectivity index (χ1n) is 2.85. The summed E-state index contributed by atoms with van der Waals surface area (Å²) in [6.45, 7) is 0. The maximum absolute atomic E-state index is 12.7. The van der Waals surface area contributed by atoms with E-state index in [-0.39, 0.29) is 0 Å². The second kappa shape index (κ2) is 3.88. The fourth-order valence-corrected chi connectivity index (χ4v) is 1.50. The molecule has 0 heterocycles. The van der Waals surface area contributed by atoms with Gasteiger partial charge in [0, 0.05) is 0 Å². The van der Waals surface area contributed by atoms with Crippen LogP contribution in [0.15, 0.2) is 0 Å². The molecule has 0 amide bonds. The predicted octanol–water partition coefficient (Wildman–Crippen LogP) is 2.76. The Balaban J connectivity index is 3.66. The molecule has 0 N–H and O–H groups in total. The van der Waals surface area contributed by atoms with Crippen molar-refractivity contribution in [1.29, 1.82) is 0 Å². The molecule has 7 heteroatoms. The quantitative estimate of drug-likeness (QED) is 0.255. The third-order valence-electron chi connectivity index (χ3n) is 1.28. The molecular formula is C6F4IOP. The topological polar surface area (TPSA) is 17.1 Å². The Hall–Kier alpha value is -0.230. The van der Waals surface area contributed by atoms with Crippen LogP contribution in [0.4, 0.5) is 17.6 Å². The molecule has 13 heavy (non-hydrogen) atoms. The molecule has 0 bridgehead atoms. The van der Waals surface area contributed by atoms with Crippen molar-refractivity contribution in [2.45, 2.75) is 0 Å². The van der Waals surface area contributed by atoms with Crippen molar-refractivity contribution in [2.24, 2.45) is 0 Å². The van der Waals surface area contributed by atoms with Crippen LogP contribution < -0.4 is 5.30 Å². The van der Waals surface area contributed by atoms with Gasteiger partial charge in [-0.2, -0.15) is 0 Å². The Kier molecular flexibility index (Phi) is 3.23. The van der Waals surface area contributed by atoms with Crippen molar-refractivity contribution in [1.82, 2.24) is 0 Å². The Labute approximate surface area is 85.5 Å². The van der Waals surface area contributed by atoms with E-state index in [1.807, 2.05) is 0 Å². The first-order valence-corrected chi connectivity index (χ1v) is 4.74. The van der Waals surface area contributed by atoms with Crippen LogP contribution in [0.5, 0.6) is 0 Å². The van der Waals surface area contributed by atoms with Crippen LogP contribution in [0.3, 0.4) is 0 Å². The Morgan fingerprint density at radius 2 is 1.31 bits per heavy atom. The summed E-state index contributed by atoms with van der Waals surface area (Å²) in [5.41, 5.74) is 0. The van der Waals surface area contributed by atoms with Crippen LogP contribution >= 0.6 is 31.1 Å². The first-order chi connectivity index (χ1) is 6.00. The minimum Gasteiger partial charge on any atom is -0.269 e. The largest absolute Gasteiger partial charge is 0.269 e. The summed E-state index contributed by atoms with van der Waals surface area (Å²) >= 11 is 1.12. The van der Waals surface area contributed by atoms with Crippen molar-refractivity contribution in [3.05, 3.63) is 26.8 Å². The van der Waals surface area contributed by atoms with Crippen LogP contribution in [0, 0.1) is 26.8 Å². The summed E-state index contributed by atoms with van der Waals surface area (Å²) in [7, 11) is -1.10. The first kappa shape index (κ1) is 10.8. The summed E-state index contributed by atoms with van der Waals surface area (Å²) in [6.07, 6.45) is 0. The number of hydrogen-bond donors (Lipinski definition) is 0. The second-order valence-corrected chi connectivity index (χ2v) is 3.72. The summed E-state index contributed by atoms with van der Waals surface area (Å²) in [5.74, 6) is -6.31. The van der Waals surface area contributed by atoms with Gasteiger partial charge in [0.05, 0.1) is 3.57 Å². The van der Waals surface area contributed by atoms with Crippen LogP contribution in [-0.2, 0) is 4.57 Å². The van der Waals surface area contributed by atoms with Crippen molar-refractivity contribution < 1.29 is 22.1 Å². The Bertz CT molecular complexity index is 352. The molecule has 1 nitrogen and oxygen atoms in total. The van der Waals surface area contributed by atoms with E-state index < -0.39 is 40.6 Å². The summed E-state index contributed by atoms with van der Waals surface area (Å²) in [5, 5.41) is -1.13. The number of halogens is 5. The molecule has 0 fully saturated rings. The average molecular weight is 322 g/mol. The zero-order chi connectivity index (χ0) is 10.2. The van der Waals surface area contributed by atoms with Crippen molar-refractivity contribution in [3.8, 4) is 0 Å². The highest BCUT2D eigenvalue weighted by Crippen LogP contribution is 2.21. The predicted molar refractivity (Wildman–Crippen MR) is 46.2 cm³/mol. The van der Waals surface area contributed by atoms with Gasteiger partial charge in [0.1, 0.15) is 5.30 Å². The highest BCUT2D eigenvalue weighted by atomic mass is 127. The SMILES string of the molecule is O=Pc1c(F)c(F)c(I)c(F)c1F. The van der Waals surface area contributed by atoms with Gasteiger partial charge in [-0.15, -0.1) is 0 Å². The molecule has 0 aliphatic rings. The van der Waals surface area contributed by atoms with Gasteiger partial charge in [0.25, 0.3) is 0 Å². The molecule has 0 saturated heterocycles. The molecule has 1 aromatic rings. The van der Waals surface area contributed by atoms with Gasteiger partial charge < -0.3 is 0 Å². The molecule has 70 valence electrons. The van der Waals surface area contributed by atoms with Gasteiger partial charge in [-0.1, -0.05) is 0 Å². The monoisotopic (exact) mass is 322 g/mol. The zero-order valence-electron chi connectivity index (χ0n) is 5.75. The summed E-state index contributed by atoms with van der Waals surface area (Å²) < 4.78 is 60.1. The molecule has 0 unspecified atom stereocenters. The molecule has 1 rings (SSSR count). The van der Waals surface area contributed by atoms with Gasteiger partial charge >= 0.3 is 0 Å². The third-order valence-corrected chi connectivity index (χ3v) is 2.80. The second-order valence-electron chi connectivity index (χ2n) is 2.01. The van der Waals surface area contributed by atoms with Crippen molar-refractivity contribution >= 4 is 36.4 Å². The van der Waals surface area contributed by atoms with E-state index >= 15 is 0 Å². The lowest BCUT2D eigenvalue weighted by Crippen LogP contribution is -2.14. The van der Waals surface area contributed by atoms with Gasteiger partial charge in [0.2, 0.25) is 0 Å². The van der Waals surface area contributed by atoms with Crippen molar-refractivity contribution in [2.75, 3.05) is 0 Å². The van der Waals surface area contributed by atoms with Gasteiger partial charge in [-0.25, -0.2) is 17.6 Å². The van der Waals surface area contributed by atoms with E-state index in [0.29, 0.717) is 0 Å². The van der Waals surface area contributed by atoms with E-state index in [1.165, 1.54) is 0 Å². The van der Waals surface area contributed by atoms with Gasteiger partial charge in [-0.05, 0) is 22.6 Å². The number of hydrogen-bond acceptors (Lipinski definition) is 1. The van der Waals surface area contributed by atoms with Gasteiger partial charge in [-0.3, -0.25) is 4.57 Å². The highest BCUT2D eigenvalue weighted by molar-refractivity contribution is 14.1. The standard InChI is InChI=1S/C6F4IOP/c7-1-3(9)6(13-12)4(10)2(8)5(1)11. The molecule has 0 atom stereocenters. The fourth-order valence-electron chi connectivity index (χ4n) is 0.673. The molecule has 0 saturated carbocycles. The van der Waals surface area contributed by atoms with Crippen molar-refractivity contribution in [3.63, 3.8) is 0 Å². The fraction of sp³-hybridized carbons (Fsp3) is 0. The van der Waals surface area contributed by atoms with E-state index in [9.17, 15) is 22.1 Å². The number of rotatable bonds is 1. The van der Waals surface area contributed by atoms with E-state index in [4.69, 9.17) is 0 Å². The lowest BCUT2D eigenvalue weighted by Gasteiger charge is -2.02. The Morgan fingerprint density at radius 3 is 1.62 bits per heavy atom. The van der Waals surface area contributed by atoms with Crippen LogP contribution in [0.2, 0.25) is 0 Å². The lowest BCUT2D eigenvalue weighted by molar-refractivity contribution is 0.454. The molecule has 1 aromatic carbocycles. The smallest absolute Gasteiger partial charge is 0.198 e. The number of benzene rings is 1. The molecule has 0 radical (unpaired) electrons. The summed E-state index contributed by atoms with van der Waals surface area (Å²) in [6, 6.07) is 0. The highest BCUT2D eigenvalue weighted by Gasteiger charge is 2.23. The van der Waals surface area contributed by atoms with Crippen LogP contribution in [0.1, 0.15) is 0 Å². The molecular weight excluding hydrogens is 322 g/mol. The van der Waals surface area contributed by atoms with E-state index in [0.717, 1.165) is 22.6 Å². The maximum atomic E-state index is 12.7. The summed E-state index contributed by atoms with van der Waals surface area (Å²) in [4.78, 5) is 0. The van der Waals surface area contributed by atoms with E-state index in [1.54, 1.807) is 0 Å².